The van der Waals surface area contributed by atoms with Gasteiger partial charge in [0.2, 0.25) is 0 Å². The number of aryl methyl sites for hydroxylation is 1. The normalized spacial score (nSPS) is 13.1. The van der Waals surface area contributed by atoms with Crippen LogP contribution in [0.5, 0.6) is 0 Å². The molecular formula is C14H19F2N3. The summed E-state index contributed by atoms with van der Waals surface area (Å²) in [6.07, 6.45) is 3.84. The molecule has 0 radical (unpaired) electrons. The van der Waals surface area contributed by atoms with Crippen molar-refractivity contribution in [1.82, 2.24) is 9.97 Å². The van der Waals surface area contributed by atoms with E-state index < -0.39 is 11.6 Å². The zero-order valence-corrected chi connectivity index (χ0v) is 11.0. The van der Waals surface area contributed by atoms with Gasteiger partial charge in [0.05, 0.1) is 11.0 Å². The molecule has 0 saturated heterocycles. The number of rotatable bonds is 6. The lowest BCUT2D eigenvalue weighted by atomic mass is 9.96. The lowest BCUT2D eigenvalue weighted by molar-refractivity contribution is 0.440. The van der Waals surface area contributed by atoms with E-state index in [2.05, 4.69) is 16.9 Å². The van der Waals surface area contributed by atoms with Crippen molar-refractivity contribution in [2.45, 2.75) is 32.6 Å². The summed E-state index contributed by atoms with van der Waals surface area (Å²) >= 11 is 0. The van der Waals surface area contributed by atoms with Crippen LogP contribution in [-0.2, 0) is 6.42 Å². The van der Waals surface area contributed by atoms with Gasteiger partial charge in [-0.05, 0) is 25.3 Å². The number of halogens is 2. The zero-order valence-electron chi connectivity index (χ0n) is 11.0. The van der Waals surface area contributed by atoms with E-state index in [0.29, 0.717) is 23.5 Å². The first-order valence-electron chi connectivity index (χ1n) is 6.67. The topological polar surface area (TPSA) is 54.7 Å². The number of aromatic nitrogens is 2. The number of nitrogens with one attached hydrogen (secondary N) is 1. The van der Waals surface area contributed by atoms with Gasteiger partial charge in [-0.2, -0.15) is 0 Å². The molecule has 1 atom stereocenters. The summed E-state index contributed by atoms with van der Waals surface area (Å²) < 4.78 is 26.2. The quantitative estimate of drug-likeness (QED) is 0.844. The minimum atomic E-state index is -0.861. The summed E-state index contributed by atoms with van der Waals surface area (Å²) in [6.45, 7) is 2.83. The van der Waals surface area contributed by atoms with Crippen molar-refractivity contribution < 1.29 is 8.78 Å². The Balaban J connectivity index is 2.09. The fraction of sp³-hybridized carbons (Fsp3) is 0.500. The molecule has 5 heteroatoms. The van der Waals surface area contributed by atoms with E-state index in [1.807, 2.05) is 0 Å². The lowest BCUT2D eigenvalue weighted by Gasteiger charge is -2.11. The van der Waals surface area contributed by atoms with Crippen LogP contribution in [0.4, 0.5) is 8.78 Å². The lowest BCUT2D eigenvalue weighted by Crippen LogP contribution is -2.09. The molecule has 0 aliphatic rings. The highest BCUT2D eigenvalue weighted by Gasteiger charge is 2.10. The van der Waals surface area contributed by atoms with Gasteiger partial charge in [0.1, 0.15) is 5.82 Å². The number of benzene rings is 1. The highest BCUT2D eigenvalue weighted by molar-refractivity contribution is 5.75. The molecule has 3 nitrogen and oxygen atoms in total. The molecule has 0 bridgehead atoms. The minimum Gasteiger partial charge on any atom is -0.342 e. The van der Waals surface area contributed by atoms with Gasteiger partial charge in [-0.1, -0.05) is 13.3 Å². The standard InChI is InChI=1S/C14H19F2N3/c1-2-9(5-6-17)3-4-14-18-12-7-10(15)11(16)8-13(12)19-14/h7-9H,2-6,17H2,1H3,(H,18,19). The van der Waals surface area contributed by atoms with Crippen molar-refractivity contribution in [3.05, 3.63) is 29.6 Å². The fourth-order valence-electron chi connectivity index (χ4n) is 2.31. The Kier molecular flexibility index (Phi) is 4.47. The number of imidazole rings is 1. The number of hydrogen-bond acceptors (Lipinski definition) is 2. The zero-order chi connectivity index (χ0) is 13.8. The summed E-state index contributed by atoms with van der Waals surface area (Å²) in [5.41, 5.74) is 6.58. The van der Waals surface area contributed by atoms with Crippen molar-refractivity contribution >= 4 is 11.0 Å². The number of H-pyrrole nitrogens is 1. The third-order valence-corrected chi connectivity index (χ3v) is 3.51. The van der Waals surface area contributed by atoms with Gasteiger partial charge in [0, 0.05) is 18.6 Å². The number of nitrogens with zero attached hydrogens (tertiary/aromatic N) is 1. The highest BCUT2D eigenvalue weighted by Crippen LogP contribution is 2.19. The number of fused-ring (bicyclic) bond motifs is 1. The second-order valence-electron chi connectivity index (χ2n) is 4.86. The number of aromatic amines is 1. The van der Waals surface area contributed by atoms with Crippen LogP contribution in [-0.4, -0.2) is 16.5 Å². The van der Waals surface area contributed by atoms with Crippen LogP contribution in [0.2, 0.25) is 0 Å². The van der Waals surface area contributed by atoms with E-state index >= 15 is 0 Å². The number of hydrogen-bond donors (Lipinski definition) is 2. The summed E-state index contributed by atoms with van der Waals surface area (Å²) in [6, 6.07) is 2.28. The molecule has 3 N–H and O–H groups in total. The summed E-state index contributed by atoms with van der Waals surface area (Å²) in [7, 11) is 0. The summed E-state index contributed by atoms with van der Waals surface area (Å²) in [5.74, 6) is -0.362. The molecule has 104 valence electrons. The smallest absolute Gasteiger partial charge is 0.161 e. The van der Waals surface area contributed by atoms with Gasteiger partial charge in [0.15, 0.2) is 11.6 Å². The van der Waals surface area contributed by atoms with Crippen LogP contribution >= 0.6 is 0 Å². The molecular weight excluding hydrogens is 248 g/mol. The Morgan fingerprint density at radius 2 is 2.00 bits per heavy atom. The SMILES string of the molecule is CCC(CCN)CCc1nc2cc(F)c(F)cc2[nH]1. The molecule has 1 unspecified atom stereocenters. The average molecular weight is 267 g/mol. The van der Waals surface area contributed by atoms with Gasteiger partial charge in [-0.25, -0.2) is 13.8 Å². The van der Waals surface area contributed by atoms with E-state index in [9.17, 15) is 8.78 Å². The average Bonchev–Trinajstić information content (AvgIpc) is 2.77. The van der Waals surface area contributed by atoms with E-state index in [1.165, 1.54) is 0 Å². The molecule has 0 aliphatic carbocycles. The maximum atomic E-state index is 13.1. The Bertz CT molecular complexity index is 512. The molecule has 1 aromatic carbocycles. The molecule has 0 aliphatic heterocycles. The first kappa shape index (κ1) is 13.9. The molecule has 0 spiro atoms. The Morgan fingerprint density at radius 3 is 2.68 bits per heavy atom. The maximum absolute atomic E-state index is 13.1. The summed E-state index contributed by atoms with van der Waals surface area (Å²) in [5, 5.41) is 0. The third kappa shape index (κ3) is 3.29. The van der Waals surface area contributed by atoms with Gasteiger partial charge in [-0.3, -0.25) is 0 Å². The highest BCUT2D eigenvalue weighted by atomic mass is 19.2. The van der Waals surface area contributed by atoms with Crippen molar-refractivity contribution in [3.8, 4) is 0 Å². The molecule has 2 aromatic rings. The Labute approximate surface area is 111 Å². The van der Waals surface area contributed by atoms with E-state index in [4.69, 9.17) is 5.73 Å². The van der Waals surface area contributed by atoms with E-state index in [1.54, 1.807) is 0 Å². The fourth-order valence-corrected chi connectivity index (χ4v) is 2.31. The monoisotopic (exact) mass is 267 g/mol. The number of nitrogens with two attached hydrogens (primary N) is 1. The third-order valence-electron chi connectivity index (χ3n) is 3.51. The predicted octanol–water partition coefficient (Wildman–Crippen LogP) is 3.15. The van der Waals surface area contributed by atoms with E-state index in [0.717, 1.165) is 43.6 Å². The minimum absolute atomic E-state index is 0.473. The van der Waals surface area contributed by atoms with Crippen molar-refractivity contribution in [1.29, 1.82) is 0 Å². The van der Waals surface area contributed by atoms with E-state index in [-0.39, 0.29) is 0 Å². The predicted molar refractivity (Wildman–Crippen MR) is 71.8 cm³/mol. The van der Waals surface area contributed by atoms with Crippen LogP contribution in [0.15, 0.2) is 12.1 Å². The van der Waals surface area contributed by atoms with Crippen LogP contribution in [0, 0.1) is 17.6 Å². The van der Waals surface area contributed by atoms with Gasteiger partial charge >= 0.3 is 0 Å². The van der Waals surface area contributed by atoms with Crippen molar-refractivity contribution in [2.24, 2.45) is 11.7 Å². The molecule has 1 heterocycles. The molecule has 0 amide bonds. The molecule has 2 rings (SSSR count). The maximum Gasteiger partial charge on any atom is 0.161 e. The largest absolute Gasteiger partial charge is 0.342 e. The van der Waals surface area contributed by atoms with Gasteiger partial charge in [-0.15, -0.1) is 0 Å². The Hall–Kier alpha value is -1.49. The second kappa shape index (κ2) is 6.10. The van der Waals surface area contributed by atoms with Crippen LogP contribution < -0.4 is 5.73 Å². The molecule has 0 saturated carbocycles. The van der Waals surface area contributed by atoms with Crippen molar-refractivity contribution in [2.75, 3.05) is 6.54 Å². The van der Waals surface area contributed by atoms with Gasteiger partial charge < -0.3 is 10.7 Å². The van der Waals surface area contributed by atoms with Crippen molar-refractivity contribution in [3.63, 3.8) is 0 Å². The Morgan fingerprint density at radius 1 is 1.26 bits per heavy atom. The first-order chi connectivity index (χ1) is 9.13. The first-order valence-corrected chi connectivity index (χ1v) is 6.67. The second-order valence-corrected chi connectivity index (χ2v) is 4.86. The van der Waals surface area contributed by atoms with Gasteiger partial charge in [0.25, 0.3) is 0 Å². The van der Waals surface area contributed by atoms with Crippen LogP contribution in [0.25, 0.3) is 11.0 Å². The summed E-state index contributed by atoms with van der Waals surface area (Å²) in [4.78, 5) is 7.32. The van der Waals surface area contributed by atoms with Crippen LogP contribution in [0.3, 0.4) is 0 Å². The molecule has 1 aromatic heterocycles. The molecule has 19 heavy (non-hydrogen) atoms. The molecule has 0 fully saturated rings. The van der Waals surface area contributed by atoms with Crippen LogP contribution in [0.1, 0.15) is 32.0 Å².